The second-order valence-corrected chi connectivity index (χ2v) is 14.5. The van der Waals surface area contributed by atoms with Gasteiger partial charge in [-0.3, -0.25) is 0 Å². The van der Waals surface area contributed by atoms with E-state index in [1.807, 2.05) is 0 Å². The number of hydrogen-bond donors (Lipinski definition) is 0. The standard InChI is InChI=1S/C52H36N2/c1-3-12-35(13-4-1)36-24-27-43(28-25-36)53(44-29-31-50-47(34-44)45-21-7-8-23-48(45)54(50)42-19-5-2-6-20-42)49-30-26-41-33-39-17-10-15-37-14-9-16-38(51(37)39)32-40-18-11-22-46(49)52(40)41/h1-31,34H,32-33H2. The lowest BCUT2D eigenvalue weighted by Gasteiger charge is -2.29. The van der Waals surface area contributed by atoms with E-state index in [0.29, 0.717) is 0 Å². The molecular weight excluding hydrogens is 653 g/mol. The predicted molar refractivity (Wildman–Crippen MR) is 228 cm³/mol. The number of aromatic nitrogens is 1. The molecule has 2 heteroatoms. The van der Waals surface area contributed by atoms with Crippen LogP contribution in [0.4, 0.5) is 17.1 Å². The summed E-state index contributed by atoms with van der Waals surface area (Å²) < 4.78 is 2.39. The Bertz CT molecular complexity index is 2980. The first-order valence-electron chi connectivity index (χ1n) is 18.9. The second kappa shape index (κ2) is 12.4. The summed E-state index contributed by atoms with van der Waals surface area (Å²) in [7, 11) is 0. The van der Waals surface area contributed by atoms with Crippen LogP contribution in [0.5, 0.6) is 0 Å². The Hall–Kier alpha value is -6.90. The van der Waals surface area contributed by atoms with Gasteiger partial charge in [0.15, 0.2) is 0 Å². The van der Waals surface area contributed by atoms with Gasteiger partial charge in [-0.1, -0.05) is 140 Å². The van der Waals surface area contributed by atoms with Crippen molar-refractivity contribution in [2.45, 2.75) is 12.8 Å². The first-order valence-corrected chi connectivity index (χ1v) is 18.9. The van der Waals surface area contributed by atoms with E-state index in [1.165, 1.54) is 82.4 Å². The maximum absolute atomic E-state index is 2.47. The highest BCUT2D eigenvalue weighted by Crippen LogP contribution is 2.45. The van der Waals surface area contributed by atoms with E-state index in [0.717, 1.165) is 29.9 Å². The number of benzene rings is 9. The first-order chi connectivity index (χ1) is 26.8. The fourth-order valence-corrected chi connectivity index (χ4v) is 9.06. The summed E-state index contributed by atoms with van der Waals surface area (Å²) in [6, 6.07) is 71.5. The Balaban J connectivity index is 1.14. The van der Waals surface area contributed by atoms with Crippen molar-refractivity contribution in [2.24, 2.45) is 0 Å². The number of nitrogens with zero attached hydrogens (tertiary/aromatic N) is 2. The number of anilines is 3. The van der Waals surface area contributed by atoms with Crippen molar-refractivity contribution in [3.8, 4) is 16.8 Å². The SMILES string of the molecule is c1ccc(-c2ccc(N(c3ccc4c(c3)c3ccccc3n4-c3ccccc3)c3ccc4c5c(cccc35)Cc3cccc5cccc(c35)C4)cc2)cc1. The molecule has 254 valence electrons. The lowest BCUT2D eigenvalue weighted by atomic mass is 9.85. The number of hydrogen-bond acceptors (Lipinski definition) is 1. The molecule has 0 saturated heterocycles. The molecule has 0 spiro atoms. The fourth-order valence-electron chi connectivity index (χ4n) is 9.06. The Labute approximate surface area is 314 Å². The molecule has 0 unspecified atom stereocenters. The van der Waals surface area contributed by atoms with Crippen molar-refractivity contribution >= 4 is 60.4 Å². The van der Waals surface area contributed by atoms with Gasteiger partial charge >= 0.3 is 0 Å². The Kier molecular flexibility index (Phi) is 7.03. The minimum atomic E-state index is 0.902. The minimum Gasteiger partial charge on any atom is -0.310 e. The smallest absolute Gasteiger partial charge is 0.0542 e. The van der Waals surface area contributed by atoms with Crippen molar-refractivity contribution < 1.29 is 0 Å². The van der Waals surface area contributed by atoms with Crippen molar-refractivity contribution in [2.75, 3.05) is 4.90 Å². The topological polar surface area (TPSA) is 8.17 Å². The van der Waals surface area contributed by atoms with E-state index in [4.69, 9.17) is 0 Å². The number of fused-ring (bicyclic) bond motifs is 3. The highest BCUT2D eigenvalue weighted by atomic mass is 15.1. The van der Waals surface area contributed by atoms with E-state index >= 15 is 0 Å². The van der Waals surface area contributed by atoms with Crippen molar-refractivity contribution in [1.29, 1.82) is 0 Å². The van der Waals surface area contributed by atoms with Crippen LogP contribution < -0.4 is 4.90 Å². The molecule has 0 aliphatic heterocycles. The van der Waals surface area contributed by atoms with Crippen LogP contribution in [0.25, 0.3) is 60.2 Å². The second-order valence-electron chi connectivity index (χ2n) is 14.5. The molecular formula is C52H36N2. The molecule has 1 heterocycles. The largest absolute Gasteiger partial charge is 0.310 e. The third-order valence-electron chi connectivity index (χ3n) is 11.4. The molecule has 1 aliphatic carbocycles. The van der Waals surface area contributed by atoms with Crippen LogP contribution in [-0.2, 0) is 12.8 Å². The molecule has 0 radical (unpaired) electrons. The Morgan fingerprint density at radius 3 is 1.70 bits per heavy atom. The minimum absolute atomic E-state index is 0.902. The number of para-hydroxylation sites is 2. The first kappa shape index (κ1) is 30.7. The van der Waals surface area contributed by atoms with Gasteiger partial charge in [0.2, 0.25) is 0 Å². The van der Waals surface area contributed by atoms with E-state index in [9.17, 15) is 0 Å². The van der Waals surface area contributed by atoms with Gasteiger partial charge in [-0.2, -0.15) is 0 Å². The van der Waals surface area contributed by atoms with Gasteiger partial charge in [0.25, 0.3) is 0 Å². The van der Waals surface area contributed by atoms with Crippen LogP contribution in [0, 0.1) is 0 Å². The van der Waals surface area contributed by atoms with Crippen LogP contribution in [-0.4, -0.2) is 4.57 Å². The molecule has 54 heavy (non-hydrogen) atoms. The van der Waals surface area contributed by atoms with Gasteiger partial charge in [-0.05, 0) is 117 Å². The highest BCUT2D eigenvalue weighted by Gasteiger charge is 2.22. The summed E-state index contributed by atoms with van der Waals surface area (Å²) in [5.41, 5.74) is 15.0. The van der Waals surface area contributed by atoms with E-state index in [-0.39, 0.29) is 0 Å². The molecule has 2 nitrogen and oxygen atoms in total. The summed E-state index contributed by atoms with van der Waals surface area (Å²) in [4.78, 5) is 2.47. The van der Waals surface area contributed by atoms with Gasteiger partial charge in [0.1, 0.15) is 0 Å². The summed E-state index contributed by atoms with van der Waals surface area (Å²) >= 11 is 0. The van der Waals surface area contributed by atoms with Crippen molar-refractivity contribution in [3.05, 3.63) is 216 Å². The molecule has 0 bridgehead atoms. The number of rotatable bonds is 5. The zero-order valence-electron chi connectivity index (χ0n) is 29.8. The molecule has 0 atom stereocenters. The van der Waals surface area contributed by atoms with Crippen LogP contribution in [0.2, 0.25) is 0 Å². The summed E-state index contributed by atoms with van der Waals surface area (Å²) in [6.45, 7) is 0. The van der Waals surface area contributed by atoms with Crippen LogP contribution >= 0.6 is 0 Å². The quantitative estimate of drug-likeness (QED) is 0.175. The molecule has 0 saturated carbocycles. The Morgan fingerprint density at radius 1 is 0.370 bits per heavy atom. The normalized spacial score (nSPS) is 12.3. The van der Waals surface area contributed by atoms with Crippen molar-refractivity contribution in [3.63, 3.8) is 0 Å². The lowest BCUT2D eigenvalue weighted by molar-refractivity contribution is 1.16. The molecule has 1 aromatic heterocycles. The molecule has 1 aliphatic rings. The van der Waals surface area contributed by atoms with Crippen LogP contribution in [0.15, 0.2) is 194 Å². The van der Waals surface area contributed by atoms with Crippen LogP contribution in [0.1, 0.15) is 22.3 Å². The van der Waals surface area contributed by atoms with Gasteiger partial charge in [-0.15, -0.1) is 0 Å². The van der Waals surface area contributed by atoms with Crippen LogP contribution in [0.3, 0.4) is 0 Å². The zero-order chi connectivity index (χ0) is 35.6. The maximum atomic E-state index is 2.47. The zero-order valence-corrected chi connectivity index (χ0v) is 29.8. The van der Waals surface area contributed by atoms with Crippen molar-refractivity contribution in [1.82, 2.24) is 4.57 Å². The molecule has 10 aromatic rings. The van der Waals surface area contributed by atoms with Gasteiger partial charge in [0.05, 0.1) is 16.7 Å². The average molecular weight is 689 g/mol. The third kappa shape index (κ3) is 4.88. The van der Waals surface area contributed by atoms with Gasteiger partial charge in [-0.25, -0.2) is 0 Å². The monoisotopic (exact) mass is 688 g/mol. The third-order valence-corrected chi connectivity index (χ3v) is 11.4. The maximum Gasteiger partial charge on any atom is 0.0542 e. The molecule has 0 amide bonds. The van der Waals surface area contributed by atoms with Gasteiger partial charge in [0, 0.05) is 33.2 Å². The van der Waals surface area contributed by atoms with E-state index in [2.05, 4.69) is 204 Å². The highest BCUT2D eigenvalue weighted by molar-refractivity contribution is 6.11. The predicted octanol–water partition coefficient (Wildman–Crippen LogP) is 13.7. The summed E-state index contributed by atoms with van der Waals surface area (Å²) in [6.07, 6.45) is 1.80. The Morgan fingerprint density at radius 2 is 0.944 bits per heavy atom. The van der Waals surface area contributed by atoms with E-state index < -0.39 is 0 Å². The average Bonchev–Trinajstić information content (AvgIpc) is 3.56. The van der Waals surface area contributed by atoms with E-state index in [1.54, 1.807) is 0 Å². The molecule has 0 N–H and O–H groups in total. The molecule has 11 rings (SSSR count). The summed E-state index contributed by atoms with van der Waals surface area (Å²) in [5, 5.41) is 7.86. The molecule has 0 fully saturated rings. The van der Waals surface area contributed by atoms with Gasteiger partial charge < -0.3 is 9.47 Å². The summed E-state index contributed by atoms with van der Waals surface area (Å²) in [5.74, 6) is 0. The fraction of sp³-hybridized carbons (Fsp3) is 0.0385. The lowest BCUT2D eigenvalue weighted by Crippen LogP contribution is -2.12. The molecule has 9 aromatic carbocycles.